The Hall–Kier alpha value is -8.05. The zero-order valence-corrected chi connectivity index (χ0v) is 34.8. The van der Waals surface area contributed by atoms with E-state index in [0.29, 0.717) is 0 Å². The Kier molecular flexibility index (Phi) is 7.27. The SMILES string of the molecule is c1cc(-c2ccc(-c3ccc(-c4cc5c6cc7ccccc7cc6sc5c5nc6c7cc8ccccc8cc7ccc6n45)cc3)cc2)cc(-n2c3ccccc3c3ccccc32)c1. The fraction of sp³-hybridized carbons (Fsp3) is 0. The van der Waals surface area contributed by atoms with Gasteiger partial charge in [-0.1, -0.05) is 152 Å². The molecule has 3 nitrogen and oxygen atoms in total. The first kappa shape index (κ1) is 34.6. The third-order valence-corrected chi connectivity index (χ3v) is 14.4. The van der Waals surface area contributed by atoms with E-state index in [9.17, 15) is 0 Å². The Morgan fingerprint density at radius 3 is 1.60 bits per heavy atom. The van der Waals surface area contributed by atoms with Crippen molar-refractivity contribution in [3.8, 4) is 39.2 Å². The van der Waals surface area contributed by atoms with Gasteiger partial charge in [-0.2, -0.15) is 0 Å². The van der Waals surface area contributed by atoms with E-state index in [1.807, 2.05) is 11.3 Å². The zero-order chi connectivity index (χ0) is 41.2. The van der Waals surface area contributed by atoms with Crippen LogP contribution < -0.4 is 0 Å². The van der Waals surface area contributed by atoms with E-state index in [1.54, 1.807) is 0 Å². The van der Waals surface area contributed by atoms with Gasteiger partial charge in [0.05, 0.1) is 32.5 Å². The van der Waals surface area contributed by atoms with Crippen molar-refractivity contribution in [1.29, 1.82) is 0 Å². The summed E-state index contributed by atoms with van der Waals surface area (Å²) in [5.74, 6) is 0. The second kappa shape index (κ2) is 13.2. The lowest BCUT2D eigenvalue weighted by atomic mass is 9.98. The van der Waals surface area contributed by atoms with Gasteiger partial charge in [0.25, 0.3) is 0 Å². The minimum absolute atomic E-state index is 1.00. The van der Waals surface area contributed by atoms with Gasteiger partial charge in [0.2, 0.25) is 0 Å². The summed E-state index contributed by atoms with van der Waals surface area (Å²) in [4.78, 5) is 5.55. The summed E-state index contributed by atoms with van der Waals surface area (Å²) in [5, 5.41) is 12.4. The lowest BCUT2D eigenvalue weighted by molar-refractivity contribution is 1.18. The van der Waals surface area contributed by atoms with Crippen molar-refractivity contribution in [2.75, 3.05) is 0 Å². The van der Waals surface area contributed by atoms with Gasteiger partial charge < -0.3 is 4.57 Å². The maximum Gasteiger partial charge on any atom is 0.156 e. The van der Waals surface area contributed by atoms with E-state index in [2.05, 4.69) is 221 Å². The van der Waals surface area contributed by atoms with Gasteiger partial charge in [-0.05, 0) is 115 Å². The van der Waals surface area contributed by atoms with E-state index >= 15 is 0 Å². The van der Waals surface area contributed by atoms with Crippen molar-refractivity contribution in [3.63, 3.8) is 0 Å². The Bertz CT molecular complexity index is 4130. The van der Waals surface area contributed by atoms with Crippen LogP contribution in [0, 0.1) is 0 Å². The van der Waals surface area contributed by atoms with Crippen molar-refractivity contribution in [1.82, 2.24) is 14.0 Å². The average molecular weight is 818 g/mol. The molecule has 10 aromatic carbocycles. The minimum Gasteiger partial charge on any atom is -0.309 e. The summed E-state index contributed by atoms with van der Waals surface area (Å²) in [7, 11) is 0. The number of hydrogen-bond donors (Lipinski definition) is 0. The van der Waals surface area contributed by atoms with Crippen LogP contribution in [0.2, 0.25) is 0 Å². The molecular formula is C59H35N3S. The molecular weight excluding hydrogens is 783 g/mol. The minimum atomic E-state index is 1.00. The molecule has 4 heteroatoms. The molecule has 0 aliphatic heterocycles. The monoisotopic (exact) mass is 817 g/mol. The molecule has 4 heterocycles. The van der Waals surface area contributed by atoms with Crippen molar-refractivity contribution in [2.45, 2.75) is 0 Å². The Balaban J connectivity index is 0.883. The Morgan fingerprint density at radius 1 is 0.349 bits per heavy atom. The first-order valence-corrected chi connectivity index (χ1v) is 22.3. The molecule has 14 aromatic rings. The number of nitrogens with zero attached hydrogens (tertiary/aromatic N) is 3. The van der Waals surface area contributed by atoms with Crippen LogP contribution in [0.15, 0.2) is 212 Å². The van der Waals surface area contributed by atoms with E-state index < -0.39 is 0 Å². The number of hydrogen-bond acceptors (Lipinski definition) is 2. The molecule has 0 aliphatic carbocycles. The molecule has 0 saturated heterocycles. The second-order valence-corrected chi connectivity index (χ2v) is 17.8. The van der Waals surface area contributed by atoms with Crippen LogP contribution in [0.1, 0.15) is 0 Å². The number of fused-ring (bicyclic) bond motifs is 14. The lowest BCUT2D eigenvalue weighted by Crippen LogP contribution is -1.94. The fourth-order valence-electron chi connectivity index (χ4n) is 10.2. The zero-order valence-electron chi connectivity index (χ0n) is 34.0. The number of thiophene rings is 1. The number of rotatable bonds is 4. The first-order valence-electron chi connectivity index (χ1n) is 21.5. The first-order chi connectivity index (χ1) is 31.2. The van der Waals surface area contributed by atoms with E-state index in [-0.39, 0.29) is 0 Å². The topological polar surface area (TPSA) is 22.2 Å². The standard InChI is InChI=1S/C59H35N3S/c1-2-11-42-32-49-45(30-40(42)10-1)28-29-54-57(49)60-59-58-51(50-33-43-12-3-4-13-44(43)34-56(50)63-58)35-55(62(54)59)39-26-24-37(25-27-39)36-20-22-38(23-21-36)41-14-9-15-46(31-41)61-52-18-7-5-16-47(52)48-17-6-8-19-53(48)61/h1-35H. The number of pyridine rings is 1. The summed E-state index contributed by atoms with van der Waals surface area (Å²) in [6.07, 6.45) is 0. The van der Waals surface area contributed by atoms with Crippen LogP contribution in [0.4, 0.5) is 0 Å². The van der Waals surface area contributed by atoms with Gasteiger partial charge in [-0.25, -0.2) is 4.98 Å². The van der Waals surface area contributed by atoms with E-state index in [1.165, 1.54) is 96.5 Å². The van der Waals surface area contributed by atoms with Crippen molar-refractivity contribution in [3.05, 3.63) is 212 Å². The highest BCUT2D eigenvalue weighted by atomic mass is 32.1. The fourth-order valence-corrected chi connectivity index (χ4v) is 11.4. The Morgan fingerprint density at radius 2 is 0.921 bits per heavy atom. The molecule has 0 atom stereocenters. The van der Waals surface area contributed by atoms with E-state index in [4.69, 9.17) is 4.98 Å². The predicted molar refractivity (Wildman–Crippen MR) is 269 cm³/mol. The van der Waals surface area contributed by atoms with Gasteiger partial charge in [0.1, 0.15) is 0 Å². The quantitative estimate of drug-likeness (QED) is 0.162. The van der Waals surface area contributed by atoms with Crippen LogP contribution in [0.5, 0.6) is 0 Å². The van der Waals surface area contributed by atoms with Crippen molar-refractivity contribution in [2.24, 2.45) is 0 Å². The predicted octanol–water partition coefficient (Wildman–Crippen LogP) is 16.4. The molecule has 0 spiro atoms. The molecule has 0 amide bonds. The number of benzene rings is 10. The van der Waals surface area contributed by atoms with Crippen LogP contribution in [-0.2, 0) is 0 Å². The van der Waals surface area contributed by atoms with Gasteiger partial charge >= 0.3 is 0 Å². The van der Waals surface area contributed by atoms with E-state index in [0.717, 1.165) is 33.6 Å². The molecule has 0 bridgehead atoms. The summed E-state index contributed by atoms with van der Waals surface area (Å²) in [5.41, 5.74) is 13.8. The molecule has 0 radical (unpaired) electrons. The third kappa shape index (κ3) is 5.22. The Labute approximate surface area is 366 Å². The molecule has 14 rings (SSSR count). The van der Waals surface area contributed by atoms with Gasteiger partial charge in [0, 0.05) is 37.3 Å². The molecule has 0 N–H and O–H groups in total. The number of imidazole rings is 1. The molecule has 0 aliphatic rings. The summed E-state index contributed by atoms with van der Waals surface area (Å²) < 4.78 is 7.28. The molecule has 63 heavy (non-hydrogen) atoms. The van der Waals surface area contributed by atoms with Crippen LogP contribution in [0.25, 0.3) is 130 Å². The highest BCUT2D eigenvalue weighted by Crippen LogP contribution is 2.43. The largest absolute Gasteiger partial charge is 0.309 e. The highest BCUT2D eigenvalue weighted by molar-refractivity contribution is 7.26. The van der Waals surface area contributed by atoms with Gasteiger partial charge in [-0.15, -0.1) is 11.3 Å². The van der Waals surface area contributed by atoms with Crippen molar-refractivity contribution >= 4 is 102 Å². The van der Waals surface area contributed by atoms with Crippen LogP contribution >= 0.6 is 11.3 Å². The smallest absolute Gasteiger partial charge is 0.156 e. The third-order valence-electron chi connectivity index (χ3n) is 13.2. The number of aromatic nitrogens is 3. The summed E-state index contributed by atoms with van der Waals surface area (Å²) >= 11 is 1.85. The maximum absolute atomic E-state index is 5.55. The normalized spacial score (nSPS) is 12.1. The molecule has 0 unspecified atom stereocenters. The maximum atomic E-state index is 5.55. The average Bonchev–Trinajstić information content (AvgIpc) is 4.02. The van der Waals surface area contributed by atoms with Crippen LogP contribution in [0.3, 0.4) is 0 Å². The van der Waals surface area contributed by atoms with Gasteiger partial charge in [-0.3, -0.25) is 4.40 Å². The second-order valence-electron chi connectivity index (χ2n) is 16.8. The molecule has 0 fully saturated rings. The van der Waals surface area contributed by atoms with Crippen LogP contribution in [-0.4, -0.2) is 14.0 Å². The summed E-state index contributed by atoms with van der Waals surface area (Å²) in [6, 6.07) is 77.9. The lowest BCUT2D eigenvalue weighted by Gasteiger charge is -2.12. The highest BCUT2D eigenvalue weighted by Gasteiger charge is 2.20. The molecule has 0 saturated carbocycles. The summed E-state index contributed by atoms with van der Waals surface area (Å²) in [6.45, 7) is 0. The molecule has 292 valence electrons. The van der Waals surface area contributed by atoms with Gasteiger partial charge in [0.15, 0.2) is 5.65 Å². The number of para-hydroxylation sites is 2. The molecule has 4 aromatic heterocycles. The van der Waals surface area contributed by atoms with Crippen molar-refractivity contribution < 1.29 is 0 Å².